The van der Waals surface area contributed by atoms with Crippen LogP contribution in [0.3, 0.4) is 0 Å². The number of ether oxygens (including phenoxy) is 1. The lowest BCUT2D eigenvalue weighted by Gasteiger charge is -2.37. The van der Waals surface area contributed by atoms with E-state index in [2.05, 4.69) is 59.0 Å². The van der Waals surface area contributed by atoms with Crippen molar-refractivity contribution in [3.63, 3.8) is 0 Å². The second kappa shape index (κ2) is 7.95. The molecule has 0 saturated carbocycles. The van der Waals surface area contributed by atoms with Gasteiger partial charge in [-0.15, -0.1) is 0 Å². The zero-order valence-electron chi connectivity index (χ0n) is 13.6. The van der Waals surface area contributed by atoms with Gasteiger partial charge in [0.2, 0.25) is 0 Å². The molecule has 0 amide bonds. The second-order valence-electron chi connectivity index (χ2n) is 5.98. The first-order chi connectivity index (χ1) is 11.3. The summed E-state index contributed by atoms with van der Waals surface area (Å²) in [6.07, 6.45) is 6.28. The van der Waals surface area contributed by atoms with E-state index in [0.29, 0.717) is 0 Å². The Bertz CT molecular complexity index is 545. The van der Waals surface area contributed by atoms with E-state index in [0.717, 1.165) is 38.3 Å². The van der Waals surface area contributed by atoms with Crippen molar-refractivity contribution in [1.82, 2.24) is 10.3 Å². The van der Waals surface area contributed by atoms with Gasteiger partial charge in [-0.3, -0.25) is 4.98 Å². The minimum absolute atomic E-state index is 0.129. The van der Waals surface area contributed by atoms with Crippen LogP contribution in [0.5, 0.6) is 0 Å². The molecule has 1 saturated heterocycles. The van der Waals surface area contributed by atoms with Gasteiger partial charge in [0.15, 0.2) is 0 Å². The van der Waals surface area contributed by atoms with Gasteiger partial charge in [0.05, 0.1) is 11.7 Å². The van der Waals surface area contributed by atoms with Gasteiger partial charge in [0.25, 0.3) is 0 Å². The Morgan fingerprint density at radius 1 is 1.13 bits per heavy atom. The van der Waals surface area contributed by atoms with Gasteiger partial charge in [0, 0.05) is 30.7 Å². The number of nitrogens with one attached hydrogen (secondary N) is 1. The minimum Gasteiger partial charge on any atom is -0.381 e. The highest BCUT2D eigenvalue weighted by Crippen LogP contribution is 2.34. The first-order valence-corrected chi connectivity index (χ1v) is 9.38. The van der Waals surface area contributed by atoms with Crippen LogP contribution in [-0.2, 0) is 4.74 Å². The molecule has 0 radical (unpaired) electrons. The zero-order valence-corrected chi connectivity index (χ0v) is 14.4. The van der Waals surface area contributed by atoms with Crippen LogP contribution in [0, 0.1) is 0 Å². The Kier molecular flexibility index (Phi) is 5.70. The summed E-state index contributed by atoms with van der Waals surface area (Å²) in [6, 6.07) is 16.8. The summed E-state index contributed by atoms with van der Waals surface area (Å²) in [5.74, 6) is 0. The average Bonchev–Trinajstić information content (AvgIpc) is 2.64. The molecule has 3 nitrogen and oxygen atoms in total. The van der Waals surface area contributed by atoms with Crippen molar-refractivity contribution < 1.29 is 4.74 Å². The van der Waals surface area contributed by atoms with Gasteiger partial charge in [-0.05, 0) is 36.8 Å². The van der Waals surface area contributed by atoms with E-state index in [1.807, 2.05) is 24.0 Å². The van der Waals surface area contributed by atoms with Gasteiger partial charge in [0.1, 0.15) is 0 Å². The Morgan fingerprint density at radius 2 is 1.87 bits per heavy atom. The third kappa shape index (κ3) is 4.14. The summed E-state index contributed by atoms with van der Waals surface area (Å²) < 4.78 is 5.81. The Morgan fingerprint density at radius 3 is 2.52 bits per heavy atom. The van der Waals surface area contributed by atoms with E-state index in [9.17, 15) is 0 Å². The van der Waals surface area contributed by atoms with Crippen LogP contribution in [0.25, 0.3) is 0 Å². The van der Waals surface area contributed by atoms with Gasteiger partial charge in [-0.2, -0.15) is 11.8 Å². The van der Waals surface area contributed by atoms with Crippen molar-refractivity contribution in [3.8, 4) is 0 Å². The average molecular weight is 328 g/mol. The number of nitrogens with zero attached hydrogens (tertiary/aromatic N) is 1. The molecule has 1 fully saturated rings. The summed E-state index contributed by atoms with van der Waals surface area (Å²) in [6.45, 7) is 2.69. The normalized spacial score (nSPS) is 18.5. The number of hydrogen-bond donors (Lipinski definition) is 1. The smallest absolute Gasteiger partial charge is 0.0751 e. The fourth-order valence-corrected chi connectivity index (χ4v) is 3.87. The first-order valence-electron chi connectivity index (χ1n) is 8.15. The molecule has 1 atom stereocenters. The Hall–Kier alpha value is -1.36. The monoisotopic (exact) mass is 328 g/mol. The third-order valence-corrected chi connectivity index (χ3v) is 6.00. The number of rotatable bonds is 6. The van der Waals surface area contributed by atoms with E-state index in [4.69, 9.17) is 4.74 Å². The van der Waals surface area contributed by atoms with E-state index < -0.39 is 0 Å². The van der Waals surface area contributed by atoms with Crippen molar-refractivity contribution in [2.24, 2.45) is 0 Å². The third-order valence-electron chi connectivity index (χ3n) is 4.58. The molecule has 2 heterocycles. The minimum atomic E-state index is 0.129. The van der Waals surface area contributed by atoms with E-state index in [1.165, 1.54) is 5.56 Å². The molecule has 1 aliphatic rings. The molecule has 23 heavy (non-hydrogen) atoms. The lowest BCUT2D eigenvalue weighted by Crippen LogP contribution is -2.43. The molecule has 2 aromatic rings. The molecule has 1 N–H and O–H groups in total. The number of hydrogen-bond acceptors (Lipinski definition) is 4. The Balaban J connectivity index is 1.79. The second-order valence-corrected chi connectivity index (χ2v) is 7.25. The highest BCUT2D eigenvalue weighted by molar-refractivity contribution is 8.00. The first kappa shape index (κ1) is 16.5. The van der Waals surface area contributed by atoms with E-state index in [-0.39, 0.29) is 10.8 Å². The quantitative estimate of drug-likeness (QED) is 0.877. The fourth-order valence-electron chi connectivity index (χ4n) is 3.07. The lowest BCUT2D eigenvalue weighted by atomic mass is 9.96. The number of pyridine rings is 1. The molecule has 1 aliphatic heterocycles. The largest absolute Gasteiger partial charge is 0.381 e. The summed E-state index contributed by atoms with van der Waals surface area (Å²) in [5, 5.41) is 3.77. The van der Waals surface area contributed by atoms with Crippen molar-refractivity contribution in [3.05, 3.63) is 66.0 Å². The van der Waals surface area contributed by atoms with Gasteiger partial charge in [-0.1, -0.05) is 36.4 Å². The van der Waals surface area contributed by atoms with Gasteiger partial charge >= 0.3 is 0 Å². The predicted octanol–water partition coefficient (Wildman–Crippen LogP) is 3.67. The molecule has 0 unspecified atom stereocenters. The lowest BCUT2D eigenvalue weighted by molar-refractivity contribution is 0.0768. The van der Waals surface area contributed by atoms with E-state index >= 15 is 0 Å². The molecular weight excluding hydrogens is 304 g/mol. The number of thioether (sulfide) groups is 1. The molecule has 0 aliphatic carbocycles. The number of benzene rings is 1. The molecule has 3 rings (SSSR count). The maximum atomic E-state index is 5.55. The topological polar surface area (TPSA) is 34.2 Å². The van der Waals surface area contributed by atoms with Crippen LogP contribution < -0.4 is 5.32 Å². The van der Waals surface area contributed by atoms with Crippen LogP contribution in [0.1, 0.15) is 30.1 Å². The molecule has 1 aromatic heterocycles. The van der Waals surface area contributed by atoms with Gasteiger partial charge < -0.3 is 10.1 Å². The highest BCUT2D eigenvalue weighted by atomic mass is 32.2. The Labute approximate surface area is 142 Å². The maximum Gasteiger partial charge on any atom is 0.0751 e. The maximum absolute atomic E-state index is 5.55. The molecular formula is C19H24N2OS. The standard InChI is InChI=1S/C19H24N2OS/c1-23-19(10-13-22-14-11-19)15-21-18(16-7-3-2-4-8-16)17-9-5-6-12-20-17/h2-9,12,18,21H,10-11,13-15H2,1H3/t18-/m1/s1. The number of aromatic nitrogens is 1. The molecule has 0 spiro atoms. The van der Waals surface area contributed by atoms with Crippen molar-refractivity contribution in [2.75, 3.05) is 26.0 Å². The highest BCUT2D eigenvalue weighted by Gasteiger charge is 2.32. The van der Waals surface area contributed by atoms with Gasteiger partial charge in [-0.25, -0.2) is 0 Å². The molecule has 4 heteroatoms. The van der Waals surface area contributed by atoms with Crippen molar-refractivity contribution in [1.29, 1.82) is 0 Å². The summed E-state index contributed by atoms with van der Waals surface area (Å²) in [7, 11) is 0. The molecule has 122 valence electrons. The van der Waals surface area contributed by atoms with Crippen LogP contribution >= 0.6 is 11.8 Å². The summed E-state index contributed by atoms with van der Waals surface area (Å²) >= 11 is 1.96. The molecule has 0 bridgehead atoms. The predicted molar refractivity (Wildman–Crippen MR) is 96.8 cm³/mol. The SMILES string of the molecule is CSC1(CN[C@H](c2ccccc2)c2ccccn2)CCOCC1. The zero-order chi connectivity index (χ0) is 16.0. The van der Waals surface area contributed by atoms with Crippen molar-refractivity contribution >= 4 is 11.8 Å². The van der Waals surface area contributed by atoms with E-state index in [1.54, 1.807) is 0 Å². The summed E-state index contributed by atoms with van der Waals surface area (Å²) in [5.41, 5.74) is 2.33. The molecule has 1 aromatic carbocycles. The van der Waals surface area contributed by atoms with Crippen LogP contribution in [0.2, 0.25) is 0 Å². The van der Waals surface area contributed by atoms with Crippen LogP contribution in [0.15, 0.2) is 54.7 Å². The fraction of sp³-hybridized carbons (Fsp3) is 0.421. The van der Waals surface area contributed by atoms with Crippen LogP contribution in [0.4, 0.5) is 0 Å². The van der Waals surface area contributed by atoms with Crippen LogP contribution in [-0.4, -0.2) is 35.7 Å². The van der Waals surface area contributed by atoms with Crippen molar-refractivity contribution in [2.45, 2.75) is 23.6 Å². The summed E-state index contributed by atoms with van der Waals surface area (Å²) in [4.78, 5) is 4.57.